The van der Waals surface area contributed by atoms with E-state index in [4.69, 9.17) is 9.47 Å². The lowest BCUT2D eigenvalue weighted by Gasteiger charge is -2.14. The molecule has 0 aliphatic heterocycles. The number of nitrogens with one attached hydrogen (secondary N) is 1. The van der Waals surface area contributed by atoms with Gasteiger partial charge in [-0.25, -0.2) is 17.8 Å². The number of pyridine rings is 1. The van der Waals surface area contributed by atoms with Gasteiger partial charge in [0, 0.05) is 18.6 Å². The second kappa shape index (κ2) is 7.60. The van der Waals surface area contributed by atoms with Gasteiger partial charge in [-0.15, -0.1) is 0 Å². The highest BCUT2D eigenvalue weighted by molar-refractivity contribution is 7.93. The minimum atomic E-state index is -5.01. The first-order chi connectivity index (χ1) is 11.8. The summed E-state index contributed by atoms with van der Waals surface area (Å²) in [6.07, 6.45) is -0.0353. The molecule has 1 heterocycles. The molecule has 0 saturated carbocycles. The largest absolute Gasteiger partial charge is 0.496 e. The maximum absolute atomic E-state index is 14.0. The van der Waals surface area contributed by atoms with Gasteiger partial charge in [0.05, 0.1) is 25.6 Å². The number of hydrogen-bond donors (Lipinski definition) is 1. The van der Waals surface area contributed by atoms with Crippen molar-refractivity contribution < 1.29 is 31.1 Å². The maximum Gasteiger partial charge on any atom is 0.355 e. The number of hydrogen-bond acceptors (Lipinski definition) is 5. The Kier molecular flexibility index (Phi) is 5.73. The van der Waals surface area contributed by atoms with E-state index in [9.17, 15) is 21.6 Å². The molecule has 136 valence electrons. The molecule has 0 aliphatic rings. The number of para-hydroxylation sites is 1. The predicted octanol–water partition coefficient (Wildman–Crippen LogP) is 2.79. The van der Waals surface area contributed by atoms with E-state index in [0.29, 0.717) is 11.4 Å². The van der Waals surface area contributed by atoms with Crippen LogP contribution in [0.1, 0.15) is 11.3 Å². The Hall–Kier alpha value is -2.49. The van der Waals surface area contributed by atoms with E-state index >= 15 is 0 Å². The van der Waals surface area contributed by atoms with Gasteiger partial charge in [-0.05, 0) is 11.6 Å². The van der Waals surface area contributed by atoms with E-state index in [1.807, 2.05) is 0 Å². The van der Waals surface area contributed by atoms with Crippen molar-refractivity contribution in [2.75, 3.05) is 18.9 Å². The molecular weight excluding hydrogens is 361 g/mol. The molecule has 6 nitrogen and oxygen atoms in total. The van der Waals surface area contributed by atoms with Crippen LogP contribution in [0.3, 0.4) is 0 Å². The third-order valence-corrected chi connectivity index (χ3v) is 4.18. The second-order valence-electron chi connectivity index (χ2n) is 4.90. The molecule has 0 fully saturated rings. The number of alkyl halides is 2. The number of halogens is 3. The number of aromatic nitrogens is 1. The smallest absolute Gasteiger partial charge is 0.355 e. The zero-order valence-electron chi connectivity index (χ0n) is 13.3. The van der Waals surface area contributed by atoms with Crippen LogP contribution in [0, 0.1) is 5.82 Å². The first-order valence-electron chi connectivity index (χ1n) is 6.93. The molecule has 0 amide bonds. The molecular formula is C15H15F3N2O4S. The normalized spacial score (nSPS) is 11.4. The lowest BCUT2D eigenvalue weighted by atomic mass is 10.1. The van der Waals surface area contributed by atoms with E-state index in [1.165, 1.54) is 32.4 Å². The van der Waals surface area contributed by atoms with E-state index in [-0.39, 0.29) is 17.9 Å². The molecule has 1 N–H and O–H groups in total. The Bertz CT molecular complexity index is 838. The van der Waals surface area contributed by atoms with Crippen LogP contribution < -0.4 is 14.2 Å². The summed E-state index contributed by atoms with van der Waals surface area (Å²) in [6.45, 7) is 0. The average Bonchev–Trinajstić information content (AvgIpc) is 2.57. The molecule has 0 atom stereocenters. The van der Waals surface area contributed by atoms with Gasteiger partial charge in [0.2, 0.25) is 5.88 Å². The zero-order chi connectivity index (χ0) is 18.6. The third kappa shape index (κ3) is 4.53. The van der Waals surface area contributed by atoms with E-state index < -0.39 is 27.3 Å². The number of benzene rings is 1. The number of rotatable bonds is 7. The molecule has 0 saturated heterocycles. The summed E-state index contributed by atoms with van der Waals surface area (Å²) in [5.74, 6) is -4.00. The van der Waals surface area contributed by atoms with Gasteiger partial charge in [-0.2, -0.15) is 8.78 Å². The summed E-state index contributed by atoms with van der Waals surface area (Å²) in [7, 11) is -2.18. The number of nitrogens with zero attached hydrogens (tertiary/aromatic N) is 1. The van der Waals surface area contributed by atoms with Crippen molar-refractivity contribution in [1.29, 1.82) is 0 Å². The van der Waals surface area contributed by atoms with Gasteiger partial charge in [-0.1, -0.05) is 12.1 Å². The highest BCUT2D eigenvalue weighted by Gasteiger charge is 2.26. The van der Waals surface area contributed by atoms with Crippen molar-refractivity contribution in [3.8, 4) is 11.6 Å². The Morgan fingerprint density at radius 2 is 1.92 bits per heavy atom. The highest BCUT2D eigenvalue weighted by Crippen LogP contribution is 2.27. The van der Waals surface area contributed by atoms with Gasteiger partial charge in [0.1, 0.15) is 11.6 Å². The van der Waals surface area contributed by atoms with Crippen LogP contribution in [0.5, 0.6) is 11.6 Å². The Balaban J connectivity index is 2.43. The molecule has 0 unspecified atom stereocenters. The maximum atomic E-state index is 14.0. The van der Waals surface area contributed by atoms with E-state index in [1.54, 1.807) is 10.8 Å². The fraction of sp³-hybridized carbons (Fsp3) is 0.267. The minimum absolute atomic E-state index is 0.0353. The number of sulfonamides is 1. The number of ether oxygens (including phenoxy) is 2. The number of anilines is 1. The Labute approximate surface area is 142 Å². The van der Waals surface area contributed by atoms with Crippen molar-refractivity contribution in [1.82, 2.24) is 4.98 Å². The van der Waals surface area contributed by atoms with Gasteiger partial charge >= 0.3 is 5.76 Å². The number of methoxy groups -OCH3 is 2. The minimum Gasteiger partial charge on any atom is -0.496 e. The van der Waals surface area contributed by atoms with Crippen molar-refractivity contribution >= 4 is 15.7 Å². The first-order valence-corrected chi connectivity index (χ1v) is 8.47. The zero-order valence-corrected chi connectivity index (χ0v) is 14.1. The molecule has 2 aromatic rings. The summed E-state index contributed by atoms with van der Waals surface area (Å²) in [6, 6.07) is 6.77. The average molecular weight is 376 g/mol. The fourth-order valence-corrected chi connectivity index (χ4v) is 2.66. The van der Waals surface area contributed by atoms with Crippen molar-refractivity contribution in [3.63, 3.8) is 0 Å². The van der Waals surface area contributed by atoms with Crippen molar-refractivity contribution in [3.05, 3.63) is 47.4 Å². The molecule has 10 heteroatoms. The monoisotopic (exact) mass is 376 g/mol. The van der Waals surface area contributed by atoms with Crippen molar-refractivity contribution in [2.24, 2.45) is 0 Å². The lowest BCUT2D eigenvalue weighted by Crippen LogP contribution is -2.22. The Morgan fingerprint density at radius 3 is 2.52 bits per heavy atom. The van der Waals surface area contributed by atoms with Crippen LogP contribution in [0.15, 0.2) is 30.3 Å². The van der Waals surface area contributed by atoms with Crippen LogP contribution in [-0.4, -0.2) is 33.4 Å². The molecule has 0 aliphatic carbocycles. The molecule has 1 aromatic carbocycles. The highest BCUT2D eigenvalue weighted by atomic mass is 32.2. The molecule has 25 heavy (non-hydrogen) atoms. The lowest BCUT2D eigenvalue weighted by molar-refractivity contribution is 0.236. The molecule has 0 radical (unpaired) electrons. The van der Waals surface area contributed by atoms with Crippen molar-refractivity contribution in [2.45, 2.75) is 12.2 Å². The fourth-order valence-electron chi connectivity index (χ4n) is 2.06. The SMILES string of the molecule is COc1cc(Cc2cccc(F)c2NS(=O)(=O)C(F)F)nc(OC)c1. The summed E-state index contributed by atoms with van der Waals surface area (Å²) < 4.78 is 73.6. The molecule has 2 rings (SSSR count). The summed E-state index contributed by atoms with van der Waals surface area (Å²) in [5, 5.41) is 0. The van der Waals surface area contributed by atoms with E-state index in [2.05, 4.69) is 4.98 Å². The van der Waals surface area contributed by atoms with E-state index in [0.717, 1.165) is 6.07 Å². The summed E-state index contributed by atoms with van der Waals surface area (Å²) in [5.41, 5.74) is -0.0438. The van der Waals surface area contributed by atoms with Gasteiger partial charge in [0.15, 0.2) is 0 Å². The standard InChI is InChI=1S/C15H15F3N2O4S/c1-23-11-7-10(19-13(8-11)24-2)6-9-4-3-5-12(16)14(9)20-25(21,22)15(17)18/h3-5,7-8,15,20H,6H2,1-2H3. The van der Waals surface area contributed by atoms with Gasteiger partial charge in [-0.3, -0.25) is 4.72 Å². The van der Waals surface area contributed by atoms with Crippen LogP contribution >= 0.6 is 0 Å². The molecule has 0 spiro atoms. The van der Waals surface area contributed by atoms with Crippen LogP contribution in [0.25, 0.3) is 0 Å². The van der Waals surface area contributed by atoms with Crippen LogP contribution in [-0.2, 0) is 16.4 Å². The third-order valence-electron chi connectivity index (χ3n) is 3.22. The first kappa shape index (κ1) is 18.8. The Morgan fingerprint density at radius 1 is 1.20 bits per heavy atom. The van der Waals surface area contributed by atoms with Crippen LogP contribution in [0.4, 0.5) is 18.9 Å². The second-order valence-corrected chi connectivity index (χ2v) is 6.55. The predicted molar refractivity (Wildman–Crippen MR) is 85.1 cm³/mol. The van der Waals surface area contributed by atoms with Crippen LogP contribution in [0.2, 0.25) is 0 Å². The van der Waals surface area contributed by atoms with Gasteiger partial charge < -0.3 is 9.47 Å². The molecule has 0 bridgehead atoms. The summed E-state index contributed by atoms with van der Waals surface area (Å²) >= 11 is 0. The molecule has 1 aromatic heterocycles. The van der Waals surface area contributed by atoms with Gasteiger partial charge in [0.25, 0.3) is 10.0 Å². The summed E-state index contributed by atoms with van der Waals surface area (Å²) in [4.78, 5) is 4.15. The topological polar surface area (TPSA) is 77.5 Å². The quantitative estimate of drug-likeness (QED) is 0.804.